The minimum atomic E-state index is -4.66. The van der Waals surface area contributed by atoms with Gasteiger partial charge in [0.25, 0.3) is 5.91 Å². The van der Waals surface area contributed by atoms with Gasteiger partial charge in [-0.05, 0) is 55.5 Å². The summed E-state index contributed by atoms with van der Waals surface area (Å²) in [6.45, 7) is -0.261. The summed E-state index contributed by atoms with van der Waals surface area (Å²) in [5.41, 5.74) is 11.0. The molecular weight excluding hydrogens is 479 g/mol. The van der Waals surface area contributed by atoms with Gasteiger partial charge in [0.05, 0.1) is 5.52 Å². The first-order chi connectivity index (χ1) is 17.0. The van der Waals surface area contributed by atoms with Crippen molar-refractivity contribution in [2.45, 2.75) is 44.1 Å². The number of benzene rings is 1. The minimum absolute atomic E-state index is 0.0297. The number of nitrogens with one attached hydrogen (secondary N) is 1. The molecule has 2 bridgehead atoms. The molecule has 1 aliphatic carbocycles. The summed E-state index contributed by atoms with van der Waals surface area (Å²) < 4.78 is 40.4. The van der Waals surface area contributed by atoms with Crippen molar-refractivity contribution in [1.29, 1.82) is 0 Å². The minimum Gasteiger partial charge on any atom is -0.399 e. The lowest BCUT2D eigenvalue weighted by molar-refractivity contribution is -0.141. The fourth-order valence-corrected chi connectivity index (χ4v) is 5.26. The standard InChI is InChI=1S/C23H22F3N7O3/c24-23(25,26)16-2-1-3-17(29-16)30-22(36)20-11-4-6-13(8-11)33(20)18(34)10-32-15-7-5-12(27)9-14(15)19(31-32)21(28)35/h1-3,5,7,9,11,13,20H,4,6,8,10,27H2,(H2,28,35)(H,29,30,36)/t11-,13+,20-/m0/s1. The zero-order chi connectivity index (χ0) is 25.8. The quantitative estimate of drug-likeness (QED) is 0.456. The van der Waals surface area contributed by atoms with Crippen LogP contribution in [0.4, 0.5) is 24.7 Å². The van der Waals surface area contributed by atoms with E-state index in [0.717, 1.165) is 18.6 Å². The zero-order valence-electron chi connectivity index (χ0n) is 18.8. The predicted octanol–water partition coefficient (Wildman–Crippen LogP) is 2.15. The molecule has 3 aromatic rings. The van der Waals surface area contributed by atoms with E-state index in [-0.39, 0.29) is 30.0 Å². The lowest BCUT2D eigenvalue weighted by atomic mass is 9.97. The maximum atomic E-state index is 13.4. The maximum Gasteiger partial charge on any atom is 0.433 e. The first kappa shape index (κ1) is 23.6. The molecule has 2 fully saturated rings. The summed E-state index contributed by atoms with van der Waals surface area (Å²) in [5, 5.41) is 7.04. The van der Waals surface area contributed by atoms with Gasteiger partial charge in [-0.1, -0.05) is 6.07 Å². The number of nitrogen functional groups attached to an aromatic ring is 1. The van der Waals surface area contributed by atoms with Crippen LogP contribution in [0.5, 0.6) is 0 Å². The van der Waals surface area contributed by atoms with E-state index in [1.807, 2.05) is 0 Å². The van der Waals surface area contributed by atoms with Gasteiger partial charge in [-0.2, -0.15) is 18.3 Å². The van der Waals surface area contributed by atoms with E-state index < -0.39 is 35.6 Å². The number of alkyl halides is 3. The molecule has 1 aliphatic heterocycles. The average molecular weight is 501 g/mol. The molecule has 5 N–H and O–H groups in total. The molecule has 0 unspecified atom stereocenters. The fourth-order valence-electron chi connectivity index (χ4n) is 5.26. The van der Waals surface area contributed by atoms with Crippen molar-refractivity contribution < 1.29 is 27.6 Å². The van der Waals surface area contributed by atoms with Gasteiger partial charge >= 0.3 is 6.18 Å². The average Bonchev–Trinajstić information content (AvgIpc) is 3.52. The summed E-state index contributed by atoms with van der Waals surface area (Å²) in [5.74, 6) is -2.15. The van der Waals surface area contributed by atoms with E-state index in [1.54, 1.807) is 18.2 Å². The highest BCUT2D eigenvalue weighted by atomic mass is 19.4. The number of hydrogen-bond donors (Lipinski definition) is 3. The van der Waals surface area contributed by atoms with Crippen LogP contribution in [0.3, 0.4) is 0 Å². The van der Waals surface area contributed by atoms with Gasteiger partial charge in [0.15, 0.2) is 5.69 Å². The number of likely N-dealkylation sites (tertiary alicyclic amines) is 1. The van der Waals surface area contributed by atoms with Crippen LogP contribution in [0.1, 0.15) is 35.4 Å². The molecular formula is C23H22F3N7O3. The predicted molar refractivity (Wildman–Crippen MR) is 122 cm³/mol. The molecule has 13 heteroatoms. The number of carbonyl (C=O) groups excluding carboxylic acids is 3. The third-order valence-corrected chi connectivity index (χ3v) is 6.73. The molecule has 0 spiro atoms. The first-order valence-corrected chi connectivity index (χ1v) is 11.2. The lowest BCUT2D eigenvalue weighted by Crippen LogP contribution is -2.52. The van der Waals surface area contributed by atoms with Crippen molar-refractivity contribution in [2.24, 2.45) is 11.7 Å². The van der Waals surface area contributed by atoms with Crippen LogP contribution in [-0.4, -0.2) is 49.5 Å². The van der Waals surface area contributed by atoms with E-state index in [4.69, 9.17) is 11.5 Å². The Kier molecular flexibility index (Phi) is 5.57. The van der Waals surface area contributed by atoms with Gasteiger partial charge in [-0.3, -0.25) is 19.1 Å². The van der Waals surface area contributed by atoms with Crippen LogP contribution in [0, 0.1) is 5.92 Å². The number of primary amides is 1. The molecule has 2 aromatic heterocycles. The summed E-state index contributed by atoms with van der Waals surface area (Å²) in [6, 6.07) is 6.95. The number of fused-ring (bicyclic) bond motifs is 3. The van der Waals surface area contributed by atoms with E-state index in [9.17, 15) is 27.6 Å². The lowest BCUT2D eigenvalue weighted by Gasteiger charge is -2.34. The number of hydrogen-bond acceptors (Lipinski definition) is 6. The number of amides is 3. The SMILES string of the molecule is NC(=O)c1nn(CC(=O)N2[C@@H]3CC[C@@H](C3)[C@H]2C(=O)Nc2cccc(C(F)(F)F)n2)c2ccc(N)cc12. The van der Waals surface area contributed by atoms with Crippen molar-refractivity contribution in [3.63, 3.8) is 0 Å². The zero-order valence-corrected chi connectivity index (χ0v) is 18.8. The van der Waals surface area contributed by atoms with E-state index in [1.165, 1.54) is 15.6 Å². The van der Waals surface area contributed by atoms with Gasteiger partial charge < -0.3 is 21.7 Å². The number of carbonyl (C=O) groups is 3. The molecule has 36 heavy (non-hydrogen) atoms. The summed E-state index contributed by atoms with van der Waals surface area (Å²) in [6.07, 6.45) is -2.61. The molecule has 188 valence electrons. The van der Waals surface area contributed by atoms with Crippen LogP contribution >= 0.6 is 0 Å². The van der Waals surface area contributed by atoms with Crippen molar-refractivity contribution in [3.05, 3.63) is 47.8 Å². The molecule has 3 heterocycles. The largest absolute Gasteiger partial charge is 0.433 e. The Morgan fingerprint density at radius 1 is 1.14 bits per heavy atom. The Hall–Kier alpha value is -4.16. The van der Waals surface area contributed by atoms with Crippen LogP contribution < -0.4 is 16.8 Å². The first-order valence-electron chi connectivity index (χ1n) is 11.2. The monoisotopic (exact) mass is 501 g/mol. The highest BCUT2D eigenvalue weighted by molar-refractivity contribution is 6.05. The number of nitrogens with two attached hydrogens (primary N) is 2. The molecule has 10 nitrogen and oxygen atoms in total. The number of pyridine rings is 1. The molecule has 3 amide bonds. The number of anilines is 2. The van der Waals surface area contributed by atoms with Crippen LogP contribution in [0.2, 0.25) is 0 Å². The Morgan fingerprint density at radius 3 is 2.64 bits per heavy atom. The summed E-state index contributed by atoms with van der Waals surface area (Å²) in [4.78, 5) is 43.4. The summed E-state index contributed by atoms with van der Waals surface area (Å²) >= 11 is 0. The van der Waals surface area contributed by atoms with Crippen molar-refractivity contribution >= 4 is 40.1 Å². The van der Waals surface area contributed by atoms with Gasteiger partial charge in [-0.25, -0.2) is 4.98 Å². The molecule has 1 saturated carbocycles. The summed E-state index contributed by atoms with van der Waals surface area (Å²) in [7, 11) is 0. The van der Waals surface area contributed by atoms with E-state index in [0.29, 0.717) is 29.4 Å². The Morgan fingerprint density at radius 2 is 1.92 bits per heavy atom. The van der Waals surface area contributed by atoms with Crippen molar-refractivity contribution in [2.75, 3.05) is 11.1 Å². The van der Waals surface area contributed by atoms with Crippen LogP contribution in [0.25, 0.3) is 10.9 Å². The second kappa shape index (κ2) is 8.50. The normalized spacial score (nSPS) is 21.2. The van der Waals surface area contributed by atoms with Crippen molar-refractivity contribution in [3.8, 4) is 0 Å². The molecule has 1 aromatic carbocycles. The molecule has 0 radical (unpaired) electrons. The fraction of sp³-hybridized carbons (Fsp3) is 0.348. The van der Waals surface area contributed by atoms with Gasteiger partial charge in [0.2, 0.25) is 11.8 Å². The Bertz CT molecular complexity index is 1390. The van der Waals surface area contributed by atoms with E-state index in [2.05, 4.69) is 15.4 Å². The second-order valence-corrected chi connectivity index (χ2v) is 9.01. The van der Waals surface area contributed by atoms with Gasteiger partial charge in [-0.15, -0.1) is 0 Å². The number of nitrogens with zero attached hydrogens (tertiary/aromatic N) is 4. The highest BCUT2D eigenvalue weighted by Gasteiger charge is 2.51. The Balaban J connectivity index is 1.40. The number of rotatable bonds is 5. The van der Waals surface area contributed by atoms with E-state index >= 15 is 0 Å². The molecule has 1 saturated heterocycles. The van der Waals surface area contributed by atoms with Gasteiger partial charge in [0.1, 0.15) is 24.1 Å². The van der Waals surface area contributed by atoms with Crippen LogP contribution in [0.15, 0.2) is 36.4 Å². The third-order valence-electron chi connectivity index (χ3n) is 6.73. The molecule has 2 aliphatic rings. The molecule has 3 atom stereocenters. The highest BCUT2D eigenvalue weighted by Crippen LogP contribution is 2.43. The second-order valence-electron chi connectivity index (χ2n) is 9.01. The van der Waals surface area contributed by atoms with Crippen molar-refractivity contribution in [1.82, 2.24) is 19.7 Å². The topological polar surface area (TPSA) is 149 Å². The third kappa shape index (κ3) is 4.10. The van der Waals surface area contributed by atoms with Crippen LogP contribution in [-0.2, 0) is 22.3 Å². The number of aromatic nitrogens is 3. The Labute approximate surface area is 202 Å². The molecule has 5 rings (SSSR count). The van der Waals surface area contributed by atoms with Gasteiger partial charge in [0, 0.05) is 17.1 Å². The maximum absolute atomic E-state index is 13.4. The number of piperidine rings is 1. The number of halogens is 3. The smallest absolute Gasteiger partial charge is 0.399 e.